The Labute approximate surface area is 276 Å². The van der Waals surface area contributed by atoms with Crippen LogP contribution in [0, 0.1) is 0 Å². The van der Waals surface area contributed by atoms with Crippen molar-refractivity contribution in [3.8, 4) is 33.8 Å². The summed E-state index contributed by atoms with van der Waals surface area (Å²) in [6.07, 6.45) is 0. The van der Waals surface area contributed by atoms with E-state index in [0.29, 0.717) is 33.8 Å². The van der Waals surface area contributed by atoms with E-state index in [0.717, 1.165) is 33.4 Å². The lowest BCUT2D eigenvalue weighted by Gasteiger charge is -2.28. The second kappa shape index (κ2) is 13.3. The van der Waals surface area contributed by atoms with Gasteiger partial charge in [-0.05, 0) is 57.6 Å². The van der Waals surface area contributed by atoms with Gasteiger partial charge in [0.25, 0.3) is 0 Å². The number of hydrogen-bond donors (Lipinski definition) is 0. The zero-order valence-electron chi connectivity index (χ0n) is 27.0. The van der Waals surface area contributed by atoms with Crippen molar-refractivity contribution in [3.63, 3.8) is 0 Å². The molecule has 0 saturated heterocycles. The van der Waals surface area contributed by atoms with E-state index < -0.39 is 5.41 Å². The van der Waals surface area contributed by atoms with E-state index >= 15 is 0 Å². The van der Waals surface area contributed by atoms with Crippen molar-refractivity contribution in [2.75, 3.05) is 14.2 Å². The molecule has 6 rings (SSSR count). The fraction of sp³-hybridized carbons (Fsp3) is 0.116. The third kappa shape index (κ3) is 6.36. The highest BCUT2D eigenvalue weighted by Crippen LogP contribution is 2.37. The summed E-state index contributed by atoms with van der Waals surface area (Å²) in [5.41, 5.74) is 7.66. The lowest BCUT2D eigenvalue weighted by molar-refractivity contribution is 0.102. The first kappa shape index (κ1) is 31.3. The Morgan fingerprint density at radius 1 is 0.447 bits per heavy atom. The molecule has 0 heterocycles. The molecule has 6 aromatic rings. The van der Waals surface area contributed by atoms with Crippen LogP contribution in [0.2, 0.25) is 0 Å². The summed E-state index contributed by atoms with van der Waals surface area (Å²) >= 11 is 0. The molecule has 0 atom stereocenters. The van der Waals surface area contributed by atoms with Gasteiger partial charge in [-0.25, -0.2) is 0 Å². The van der Waals surface area contributed by atoms with Gasteiger partial charge in [0.05, 0.1) is 25.3 Å². The number of ether oxygens (including phenoxy) is 2. The molecule has 4 nitrogen and oxygen atoms in total. The van der Waals surface area contributed by atoms with Gasteiger partial charge in [0.15, 0.2) is 11.6 Å². The van der Waals surface area contributed by atoms with Crippen LogP contribution < -0.4 is 9.47 Å². The number of carbonyl (C=O) groups is 2. The van der Waals surface area contributed by atoms with E-state index in [9.17, 15) is 9.59 Å². The predicted molar refractivity (Wildman–Crippen MR) is 189 cm³/mol. The molecule has 0 spiro atoms. The number of methoxy groups -OCH3 is 2. The fourth-order valence-corrected chi connectivity index (χ4v) is 5.92. The van der Waals surface area contributed by atoms with E-state index in [1.54, 1.807) is 14.2 Å². The molecule has 0 aliphatic carbocycles. The monoisotopic (exact) mass is 616 g/mol. The van der Waals surface area contributed by atoms with Crippen LogP contribution in [0.1, 0.15) is 56.8 Å². The Morgan fingerprint density at radius 3 is 1.13 bits per heavy atom. The van der Waals surface area contributed by atoms with Crippen LogP contribution in [0.25, 0.3) is 22.3 Å². The Kier molecular flexibility index (Phi) is 8.86. The first-order valence-electron chi connectivity index (χ1n) is 15.6. The third-order valence-electron chi connectivity index (χ3n) is 8.84. The van der Waals surface area contributed by atoms with E-state index in [1.165, 1.54) is 0 Å². The summed E-state index contributed by atoms with van der Waals surface area (Å²) in [4.78, 5) is 27.7. The molecule has 0 aliphatic rings. The van der Waals surface area contributed by atoms with Gasteiger partial charge in [-0.1, -0.05) is 135 Å². The number of ketones is 2. The van der Waals surface area contributed by atoms with Gasteiger partial charge in [-0.2, -0.15) is 0 Å². The minimum absolute atomic E-state index is 0.122. The average Bonchev–Trinajstić information content (AvgIpc) is 3.14. The van der Waals surface area contributed by atoms with E-state index in [4.69, 9.17) is 9.47 Å². The Bertz CT molecular complexity index is 1880. The summed E-state index contributed by atoms with van der Waals surface area (Å²) in [5.74, 6) is 0.768. The molecule has 4 heteroatoms. The summed E-state index contributed by atoms with van der Waals surface area (Å²) in [6.45, 7) is 4.17. The van der Waals surface area contributed by atoms with Crippen LogP contribution >= 0.6 is 0 Å². The first-order valence-corrected chi connectivity index (χ1v) is 15.6. The maximum atomic E-state index is 13.8. The summed E-state index contributed by atoms with van der Waals surface area (Å²) < 4.78 is 11.3. The minimum Gasteiger partial charge on any atom is -0.496 e. The highest BCUT2D eigenvalue weighted by Gasteiger charge is 2.28. The van der Waals surface area contributed by atoms with Crippen molar-refractivity contribution >= 4 is 11.6 Å². The molecule has 6 aromatic carbocycles. The molecule has 47 heavy (non-hydrogen) atoms. The SMILES string of the molecule is COc1ccc(C(C)(C)c2ccc(OC)c(C(=O)c3ccc(-c4ccccc4)cc3)c2)cc1C(=O)c1ccc(-c2ccccc2)cc1. The largest absolute Gasteiger partial charge is 0.496 e. The molecule has 232 valence electrons. The molecule has 0 saturated carbocycles. The normalized spacial score (nSPS) is 11.1. The Morgan fingerprint density at radius 2 is 0.787 bits per heavy atom. The van der Waals surface area contributed by atoms with Gasteiger partial charge in [0.1, 0.15) is 11.5 Å². The van der Waals surface area contributed by atoms with Gasteiger partial charge in [0, 0.05) is 16.5 Å². The quantitative estimate of drug-likeness (QED) is 0.144. The molecular formula is C43H36O4. The topological polar surface area (TPSA) is 52.6 Å². The zero-order chi connectivity index (χ0) is 33.0. The molecule has 0 aromatic heterocycles. The van der Waals surface area contributed by atoms with Gasteiger partial charge >= 0.3 is 0 Å². The van der Waals surface area contributed by atoms with Crippen molar-refractivity contribution in [2.45, 2.75) is 19.3 Å². The number of benzene rings is 6. The average molecular weight is 617 g/mol. The second-order valence-electron chi connectivity index (χ2n) is 12.0. The zero-order valence-corrected chi connectivity index (χ0v) is 27.0. The summed E-state index contributed by atoms with van der Waals surface area (Å²) in [7, 11) is 3.15. The van der Waals surface area contributed by atoms with Crippen molar-refractivity contribution in [3.05, 3.63) is 179 Å². The van der Waals surface area contributed by atoms with Gasteiger partial charge in [-0.15, -0.1) is 0 Å². The van der Waals surface area contributed by atoms with Crippen LogP contribution in [-0.4, -0.2) is 25.8 Å². The smallest absolute Gasteiger partial charge is 0.196 e. The van der Waals surface area contributed by atoms with E-state index in [-0.39, 0.29) is 11.6 Å². The highest BCUT2D eigenvalue weighted by molar-refractivity contribution is 6.12. The van der Waals surface area contributed by atoms with Crippen molar-refractivity contribution in [1.29, 1.82) is 0 Å². The predicted octanol–water partition coefficient (Wildman–Crippen LogP) is 9.83. The summed E-state index contributed by atoms with van der Waals surface area (Å²) in [5, 5.41) is 0. The van der Waals surface area contributed by atoms with Crippen LogP contribution in [0.4, 0.5) is 0 Å². The lowest BCUT2D eigenvalue weighted by Crippen LogP contribution is -2.21. The van der Waals surface area contributed by atoms with Crippen LogP contribution in [0.3, 0.4) is 0 Å². The number of carbonyl (C=O) groups excluding carboxylic acids is 2. The summed E-state index contributed by atoms with van der Waals surface area (Å²) in [6, 6.07) is 46.9. The van der Waals surface area contributed by atoms with Crippen LogP contribution in [0.5, 0.6) is 11.5 Å². The van der Waals surface area contributed by atoms with Gasteiger partial charge in [0.2, 0.25) is 0 Å². The molecule has 0 fully saturated rings. The number of rotatable bonds is 10. The van der Waals surface area contributed by atoms with E-state index in [2.05, 4.69) is 13.8 Å². The molecular weight excluding hydrogens is 580 g/mol. The Balaban J connectivity index is 1.31. The molecule has 0 unspecified atom stereocenters. The van der Waals surface area contributed by atoms with E-state index in [1.807, 2.05) is 146 Å². The second-order valence-corrected chi connectivity index (χ2v) is 12.0. The maximum Gasteiger partial charge on any atom is 0.196 e. The molecule has 0 bridgehead atoms. The van der Waals surface area contributed by atoms with Crippen molar-refractivity contribution in [1.82, 2.24) is 0 Å². The molecule has 0 aliphatic heterocycles. The van der Waals surface area contributed by atoms with Crippen LogP contribution in [-0.2, 0) is 5.41 Å². The van der Waals surface area contributed by atoms with Gasteiger partial charge in [-0.3, -0.25) is 9.59 Å². The fourth-order valence-electron chi connectivity index (χ4n) is 5.92. The standard InChI is InChI=1S/C43H36O4/c1-43(2,35-23-25-39(46-3)37(27-35)41(44)33-19-15-31(16-20-33)29-11-7-5-8-12-29)36-24-26-40(47-4)38(28-36)42(45)34-21-17-32(18-22-34)30-13-9-6-10-14-30/h5-28H,1-4H3. The van der Waals surface area contributed by atoms with Gasteiger partial charge < -0.3 is 9.47 Å². The van der Waals surface area contributed by atoms with Crippen LogP contribution in [0.15, 0.2) is 146 Å². The molecule has 0 N–H and O–H groups in total. The first-order chi connectivity index (χ1) is 22.8. The highest BCUT2D eigenvalue weighted by atomic mass is 16.5. The maximum absolute atomic E-state index is 13.8. The molecule has 0 amide bonds. The molecule has 0 radical (unpaired) electrons. The third-order valence-corrected chi connectivity index (χ3v) is 8.84. The minimum atomic E-state index is -0.559. The van der Waals surface area contributed by atoms with Crippen molar-refractivity contribution in [2.24, 2.45) is 0 Å². The number of hydrogen-bond acceptors (Lipinski definition) is 4. The Hall–Kier alpha value is -5.74. The van der Waals surface area contributed by atoms with Crippen molar-refractivity contribution < 1.29 is 19.1 Å². The lowest BCUT2D eigenvalue weighted by atomic mass is 9.76.